The van der Waals surface area contributed by atoms with Gasteiger partial charge in [-0.2, -0.15) is 0 Å². The number of hydrazine groups is 1. The monoisotopic (exact) mass is 408 g/mol. The maximum atomic E-state index is 15.0. The van der Waals surface area contributed by atoms with Gasteiger partial charge in [-0.3, -0.25) is 0 Å². The lowest BCUT2D eigenvalue weighted by Gasteiger charge is -2.19. The van der Waals surface area contributed by atoms with Crippen molar-refractivity contribution >= 4 is 17.3 Å². The molecule has 7 heteroatoms. The second kappa shape index (κ2) is 8.52. The zero-order valence-electron chi connectivity index (χ0n) is 17.2. The number of hydrogen-bond acceptors (Lipinski definition) is 5. The molecule has 0 aliphatic carbocycles. The van der Waals surface area contributed by atoms with Gasteiger partial charge >= 0.3 is 5.97 Å². The van der Waals surface area contributed by atoms with Crippen LogP contribution in [-0.4, -0.2) is 37.1 Å². The van der Waals surface area contributed by atoms with Crippen molar-refractivity contribution in [1.82, 2.24) is 4.90 Å². The van der Waals surface area contributed by atoms with Crippen molar-refractivity contribution in [3.63, 3.8) is 0 Å². The predicted molar refractivity (Wildman–Crippen MR) is 119 cm³/mol. The number of nitrogens with two attached hydrogens (primary N) is 2. The molecule has 0 heterocycles. The minimum absolute atomic E-state index is 0.0455. The van der Waals surface area contributed by atoms with Crippen LogP contribution in [-0.2, 0) is 6.54 Å². The Bertz CT molecular complexity index is 1100. The first-order chi connectivity index (χ1) is 14.2. The number of carboxylic acids is 1. The highest BCUT2D eigenvalue weighted by atomic mass is 19.1. The summed E-state index contributed by atoms with van der Waals surface area (Å²) in [7, 11) is 5.47. The van der Waals surface area contributed by atoms with Gasteiger partial charge < -0.3 is 20.7 Å². The van der Waals surface area contributed by atoms with E-state index in [1.165, 1.54) is 19.2 Å². The van der Waals surface area contributed by atoms with Crippen LogP contribution in [0.3, 0.4) is 0 Å². The van der Waals surface area contributed by atoms with Gasteiger partial charge in [0, 0.05) is 19.2 Å². The number of anilines is 2. The third kappa shape index (κ3) is 4.42. The maximum Gasteiger partial charge on any atom is 0.337 e. The lowest BCUT2D eigenvalue weighted by atomic mass is 9.96. The Balaban J connectivity index is 2.03. The fourth-order valence-electron chi connectivity index (χ4n) is 3.51. The van der Waals surface area contributed by atoms with Crippen molar-refractivity contribution in [2.45, 2.75) is 6.54 Å². The van der Waals surface area contributed by atoms with Crippen molar-refractivity contribution in [3.8, 4) is 22.3 Å². The predicted octanol–water partition coefficient (Wildman–Crippen LogP) is 3.81. The molecule has 0 spiro atoms. The van der Waals surface area contributed by atoms with Crippen LogP contribution in [0.2, 0.25) is 0 Å². The Labute approximate surface area is 175 Å². The molecule has 0 saturated heterocycles. The average Bonchev–Trinajstić information content (AvgIpc) is 2.66. The third-order valence-corrected chi connectivity index (χ3v) is 4.76. The summed E-state index contributed by atoms with van der Waals surface area (Å²) in [6.45, 7) is 0.757. The van der Waals surface area contributed by atoms with Crippen molar-refractivity contribution < 1.29 is 14.3 Å². The quantitative estimate of drug-likeness (QED) is 0.326. The van der Waals surface area contributed by atoms with E-state index in [0.717, 1.165) is 22.7 Å². The molecule has 0 aromatic heterocycles. The Morgan fingerprint density at radius 3 is 2.33 bits per heavy atom. The number of nitrogens with zero attached hydrogens (tertiary/aromatic N) is 2. The van der Waals surface area contributed by atoms with Crippen LogP contribution < -0.4 is 16.6 Å². The molecule has 3 aromatic carbocycles. The van der Waals surface area contributed by atoms with Crippen LogP contribution >= 0.6 is 0 Å². The first-order valence-corrected chi connectivity index (χ1v) is 9.36. The first-order valence-electron chi connectivity index (χ1n) is 9.36. The van der Waals surface area contributed by atoms with Crippen LogP contribution in [0.4, 0.5) is 15.8 Å². The number of carbonyl (C=O) groups is 1. The molecule has 156 valence electrons. The summed E-state index contributed by atoms with van der Waals surface area (Å²) in [6.07, 6.45) is 0. The average molecular weight is 408 g/mol. The highest BCUT2D eigenvalue weighted by molar-refractivity contribution is 6.00. The minimum Gasteiger partial charge on any atom is -0.478 e. The Morgan fingerprint density at radius 2 is 1.73 bits per heavy atom. The second-order valence-corrected chi connectivity index (χ2v) is 7.51. The molecule has 0 saturated carbocycles. The Hall–Kier alpha value is -3.42. The fourth-order valence-corrected chi connectivity index (χ4v) is 3.51. The fraction of sp³-hybridized carbons (Fsp3) is 0.174. The molecule has 0 aliphatic heterocycles. The number of benzene rings is 3. The van der Waals surface area contributed by atoms with Gasteiger partial charge in [0.15, 0.2) is 0 Å². The largest absolute Gasteiger partial charge is 0.478 e. The summed E-state index contributed by atoms with van der Waals surface area (Å²) >= 11 is 0. The van der Waals surface area contributed by atoms with Gasteiger partial charge in [-0.05, 0) is 60.6 Å². The lowest BCUT2D eigenvalue weighted by Crippen LogP contribution is -2.28. The molecule has 0 atom stereocenters. The number of hydrogen-bond donors (Lipinski definition) is 3. The summed E-state index contributed by atoms with van der Waals surface area (Å²) < 4.78 is 15.0. The van der Waals surface area contributed by atoms with E-state index in [0.29, 0.717) is 16.7 Å². The highest BCUT2D eigenvalue weighted by Crippen LogP contribution is 2.34. The summed E-state index contributed by atoms with van der Waals surface area (Å²) in [4.78, 5) is 13.7. The topological polar surface area (TPSA) is 95.8 Å². The van der Waals surface area contributed by atoms with E-state index in [1.54, 1.807) is 18.2 Å². The molecule has 3 aromatic rings. The van der Waals surface area contributed by atoms with Gasteiger partial charge in [0.1, 0.15) is 5.82 Å². The molecule has 0 amide bonds. The molecule has 6 nitrogen and oxygen atoms in total. The molecule has 5 N–H and O–H groups in total. The van der Waals surface area contributed by atoms with Gasteiger partial charge in [0.2, 0.25) is 0 Å². The smallest absolute Gasteiger partial charge is 0.337 e. The second-order valence-electron chi connectivity index (χ2n) is 7.51. The molecule has 0 radical (unpaired) electrons. The van der Waals surface area contributed by atoms with Crippen molar-refractivity contribution in [3.05, 3.63) is 71.5 Å². The Kier molecular flexibility index (Phi) is 6.05. The highest BCUT2D eigenvalue weighted by Gasteiger charge is 2.18. The molecular weight excluding hydrogens is 383 g/mol. The van der Waals surface area contributed by atoms with E-state index in [-0.39, 0.29) is 16.9 Å². The lowest BCUT2D eigenvalue weighted by molar-refractivity contribution is 0.0697. The molecule has 0 aliphatic rings. The number of aromatic carboxylic acids is 1. The van der Waals surface area contributed by atoms with Crippen LogP contribution in [0.15, 0.2) is 54.6 Å². The van der Waals surface area contributed by atoms with Gasteiger partial charge in [0.05, 0.1) is 16.9 Å². The van der Waals surface area contributed by atoms with Crippen LogP contribution in [0.5, 0.6) is 0 Å². The standard InChI is InChI=1S/C23H25FN4O2/c1-27(2)13-14-5-4-6-16(9-14)18-8-7-15(11-20(18)24)17-10-19(23(29)30)22(28(3)26)21(25)12-17/h4-12H,13,25-26H2,1-3H3,(H,29,30). The number of rotatable bonds is 6. The van der Waals surface area contributed by atoms with Crippen molar-refractivity contribution in [2.24, 2.45) is 5.84 Å². The summed E-state index contributed by atoms with van der Waals surface area (Å²) in [5.41, 5.74) is 9.77. The summed E-state index contributed by atoms with van der Waals surface area (Å²) in [6, 6.07) is 15.6. The van der Waals surface area contributed by atoms with E-state index in [9.17, 15) is 14.3 Å². The molecular formula is C23H25FN4O2. The molecule has 0 bridgehead atoms. The van der Waals surface area contributed by atoms with Gasteiger partial charge in [-0.1, -0.05) is 30.3 Å². The van der Waals surface area contributed by atoms with Crippen molar-refractivity contribution in [1.29, 1.82) is 0 Å². The van der Waals surface area contributed by atoms with Gasteiger partial charge in [0.25, 0.3) is 0 Å². The zero-order valence-corrected chi connectivity index (χ0v) is 17.2. The van der Waals surface area contributed by atoms with Crippen LogP contribution in [0.25, 0.3) is 22.3 Å². The SMILES string of the molecule is CN(C)Cc1cccc(-c2ccc(-c3cc(N)c(N(C)N)c(C(=O)O)c3)cc2F)c1. The van der Waals surface area contributed by atoms with Gasteiger partial charge in [-0.15, -0.1) is 0 Å². The number of nitrogen functional groups attached to an aromatic ring is 1. The molecule has 30 heavy (non-hydrogen) atoms. The van der Waals surface area contributed by atoms with E-state index < -0.39 is 11.8 Å². The summed E-state index contributed by atoms with van der Waals surface area (Å²) in [5.74, 6) is 4.16. The third-order valence-electron chi connectivity index (χ3n) is 4.76. The normalized spacial score (nSPS) is 11.0. The maximum absolute atomic E-state index is 15.0. The van der Waals surface area contributed by atoms with Crippen molar-refractivity contribution in [2.75, 3.05) is 31.9 Å². The molecule has 0 unspecified atom stereocenters. The van der Waals surface area contributed by atoms with Crippen LogP contribution in [0, 0.1) is 5.82 Å². The van der Waals surface area contributed by atoms with E-state index in [4.69, 9.17) is 11.6 Å². The van der Waals surface area contributed by atoms with Gasteiger partial charge in [-0.25, -0.2) is 15.0 Å². The number of halogens is 1. The molecule has 3 rings (SSSR count). The summed E-state index contributed by atoms with van der Waals surface area (Å²) in [5, 5.41) is 10.7. The van der Waals surface area contributed by atoms with E-state index >= 15 is 0 Å². The molecule has 0 fully saturated rings. The van der Waals surface area contributed by atoms with E-state index in [2.05, 4.69) is 0 Å². The zero-order chi connectivity index (χ0) is 22.0. The van der Waals surface area contributed by atoms with Crippen LogP contribution in [0.1, 0.15) is 15.9 Å². The Morgan fingerprint density at radius 1 is 1.00 bits per heavy atom. The first kappa shape index (κ1) is 21.3. The van der Waals surface area contributed by atoms with E-state index in [1.807, 2.05) is 43.3 Å². The minimum atomic E-state index is -1.16. The number of carboxylic acid groups (broad SMARTS) is 1.